The molecule has 1 amide bonds. The summed E-state index contributed by atoms with van der Waals surface area (Å²) in [7, 11) is 2.01. The van der Waals surface area contributed by atoms with Gasteiger partial charge >= 0.3 is 11.9 Å². The van der Waals surface area contributed by atoms with Crippen molar-refractivity contribution < 1.29 is 38.8 Å². The SMILES string of the molecule is C[C@H](OC(=O)CCNC(=O)[C@@H](N)Cc1ccccc1)C(=O)OC1=CC[C@@]2(O)[C@H]3Cc4ccc(O)c5c4[C@@]2(CCCN3C)[C@H]1O5. The highest BCUT2D eigenvalue weighted by Crippen LogP contribution is 2.64. The number of carbonyl (C=O) groups is 3. The van der Waals surface area contributed by atoms with Gasteiger partial charge in [0.1, 0.15) is 5.76 Å². The number of hydrogen-bond donors (Lipinski definition) is 4. The minimum Gasteiger partial charge on any atom is -0.504 e. The van der Waals surface area contributed by atoms with Gasteiger partial charge in [0.25, 0.3) is 0 Å². The number of rotatable bonds is 9. The molecule has 0 radical (unpaired) electrons. The van der Waals surface area contributed by atoms with Crippen molar-refractivity contribution in [2.45, 2.75) is 80.8 Å². The van der Waals surface area contributed by atoms with E-state index in [0.29, 0.717) is 25.0 Å². The van der Waals surface area contributed by atoms with Crippen molar-refractivity contribution in [1.82, 2.24) is 10.2 Å². The number of esters is 2. The molecular weight excluding hydrogens is 566 g/mol. The van der Waals surface area contributed by atoms with Gasteiger partial charge in [-0.3, -0.25) is 9.59 Å². The Kier molecular flexibility index (Phi) is 7.89. The van der Waals surface area contributed by atoms with E-state index in [9.17, 15) is 24.6 Å². The van der Waals surface area contributed by atoms with Crippen molar-refractivity contribution in [3.8, 4) is 11.5 Å². The van der Waals surface area contributed by atoms with E-state index < -0.39 is 41.2 Å². The van der Waals surface area contributed by atoms with E-state index >= 15 is 0 Å². The molecular formula is C33H39N3O8. The number of aromatic hydroxyl groups is 1. The number of amides is 1. The van der Waals surface area contributed by atoms with Crippen LogP contribution in [0.15, 0.2) is 54.3 Å². The Morgan fingerprint density at radius 1 is 1.20 bits per heavy atom. The van der Waals surface area contributed by atoms with Crippen LogP contribution in [-0.2, 0) is 42.1 Å². The molecule has 1 saturated heterocycles. The molecule has 6 atom stereocenters. The summed E-state index contributed by atoms with van der Waals surface area (Å²) in [6, 6.07) is 11.9. The quantitative estimate of drug-likeness (QED) is 0.309. The van der Waals surface area contributed by atoms with E-state index in [-0.39, 0.29) is 42.8 Å². The van der Waals surface area contributed by atoms with Gasteiger partial charge in [-0.25, -0.2) is 4.79 Å². The third-order valence-corrected chi connectivity index (χ3v) is 9.70. The molecule has 0 unspecified atom stereocenters. The summed E-state index contributed by atoms with van der Waals surface area (Å²) in [5.41, 5.74) is 6.61. The molecule has 1 spiro atoms. The first-order valence-electron chi connectivity index (χ1n) is 15.2. The molecule has 11 nitrogen and oxygen atoms in total. The zero-order valence-electron chi connectivity index (χ0n) is 25.0. The highest BCUT2D eigenvalue weighted by Gasteiger charge is 2.71. The predicted octanol–water partition coefficient (Wildman–Crippen LogP) is 1.61. The molecule has 234 valence electrons. The van der Waals surface area contributed by atoms with Crippen LogP contribution >= 0.6 is 0 Å². The van der Waals surface area contributed by atoms with Gasteiger partial charge in [-0.15, -0.1) is 0 Å². The van der Waals surface area contributed by atoms with Crippen molar-refractivity contribution >= 4 is 17.8 Å². The Morgan fingerprint density at radius 2 is 1.98 bits per heavy atom. The number of likely N-dealkylation sites (tertiary alicyclic amines) is 1. The average molecular weight is 606 g/mol. The van der Waals surface area contributed by atoms with Crippen LogP contribution in [0, 0.1) is 0 Å². The molecule has 4 aliphatic rings. The van der Waals surface area contributed by atoms with E-state index in [0.717, 1.165) is 29.7 Å². The third kappa shape index (κ3) is 4.92. The minimum absolute atomic E-state index is 0.00376. The van der Waals surface area contributed by atoms with Crippen LogP contribution in [0.3, 0.4) is 0 Å². The zero-order valence-corrected chi connectivity index (χ0v) is 25.0. The maximum Gasteiger partial charge on any atom is 0.352 e. The number of carbonyl (C=O) groups excluding carboxylic acids is 3. The molecule has 2 heterocycles. The Labute approximate surface area is 256 Å². The summed E-state index contributed by atoms with van der Waals surface area (Å²) in [5.74, 6) is -1.33. The first kappa shape index (κ1) is 30.1. The number of phenols is 1. The highest BCUT2D eigenvalue weighted by atomic mass is 16.6. The van der Waals surface area contributed by atoms with Gasteiger partial charge in [0.2, 0.25) is 5.91 Å². The first-order valence-corrected chi connectivity index (χ1v) is 15.2. The molecule has 2 aliphatic heterocycles. The minimum atomic E-state index is -1.23. The fourth-order valence-electron chi connectivity index (χ4n) is 7.57. The standard InChI is InChI=1S/C33H39N3O8/c1-19(42-26(38)12-15-35-30(39)22(34)17-20-7-4-3-5-8-20)31(40)43-24-11-14-33(41)25-18-21-9-10-23(37)28-27(21)32(33,29(24)44-28)13-6-16-36(25)2/h3-5,7-11,19,22,25,29,37,41H,6,12-18,34H2,1-2H3,(H,35,39)/t19-,22-,25+,29-,32-,33+/m0/s1. The van der Waals surface area contributed by atoms with E-state index in [1.54, 1.807) is 12.1 Å². The lowest BCUT2D eigenvalue weighted by atomic mass is 9.52. The van der Waals surface area contributed by atoms with E-state index in [1.807, 2.05) is 43.4 Å². The van der Waals surface area contributed by atoms with E-state index in [2.05, 4.69) is 10.2 Å². The summed E-state index contributed by atoms with van der Waals surface area (Å²) in [4.78, 5) is 40.2. The van der Waals surface area contributed by atoms with Crippen LogP contribution in [0.4, 0.5) is 0 Å². The molecule has 0 saturated carbocycles. The topological polar surface area (TPSA) is 161 Å². The fourth-order valence-corrected chi connectivity index (χ4v) is 7.57. The fraction of sp³-hybridized carbons (Fsp3) is 0.485. The highest BCUT2D eigenvalue weighted by molar-refractivity contribution is 5.83. The van der Waals surface area contributed by atoms with Gasteiger partial charge in [0.05, 0.1) is 23.5 Å². The van der Waals surface area contributed by atoms with Crippen LogP contribution in [0.1, 0.15) is 49.3 Å². The van der Waals surface area contributed by atoms with Gasteiger partial charge in [-0.05, 0) is 69.5 Å². The molecule has 2 aromatic carbocycles. The van der Waals surface area contributed by atoms with Gasteiger partial charge in [-0.1, -0.05) is 36.4 Å². The summed E-state index contributed by atoms with van der Waals surface area (Å²) in [5, 5.41) is 25.7. The van der Waals surface area contributed by atoms with Crippen LogP contribution in [0.5, 0.6) is 11.5 Å². The molecule has 11 heteroatoms. The molecule has 0 aromatic heterocycles. The van der Waals surface area contributed by atoms with Crippen molar-refractivity contribution in [3.05, 3.63) is 71.0 Å². The maximum absolute atomic E-state index is 13.2. The summed E-state index contributed by atoms with van der Waals surface area (Å²) >= 11 is 0. The second-order valence-electron chi connectivity index (χ2n) is 12.3. The number of nitrogens with one attached hydrogen (secondary N) is 1. The van der Waals surface area contributed by atoms with Gasteiger partial charge < -0.3 is 40.4 Å². The van der Waals surface area contributed by atoms with Crippen molar-refractivity contribution in [3.63, 3.8) is 0 Å². The van der Waals surface area contributed by atoms with Crippen molar-refractivity contribution in [2.24, 2.45) is 5.73 Å². The number of nitrogens with zero attached hydrogens (tertiary/aromatic N) is 1. The predicted molar refractivity (Wildman–Crippen MR) is 159 cm³/mol. The van der Waals surface area contributed by atoms with Crippen LogP contribution in [-0.4, -0.2) is 83.0 Å². The van der Waals surface area contributed by atoms with Gasteiger partial charge in [0, 0.05) is 24.6 Å². The second kappa shape index (κ2) is 11.5. The molecule has 5 N–H and O–H groups in total. The Hall–Kier alpha value is -3.93. The van der Waals surface area contributed by atoms with Crippen molar-refractivity contribution in [1.29, 1.82) is 0 Å². The van der Waals surface area contributed by atoms with Crippen LogP contribution in [0.25, 0.3) is 0 Å². The normalized spacial score (nSPS) is 28.0. The van der Waals surface area contributed by atoms with Crippen LogP contribution in [0.2, 0.25) is 0 Å². The van der Waals surface area contributed by atoms with Gasteiger partial charge in [0.15, 0.2) is 23.7 Å². The average Bonchev–Trinajstić information content (AvgIpc) is 3.34. The number of likely N-dealkylation sites (N-methyl/N-ethyl adjacent to an activating group) is 1. The lowest BCUT2D eigenvalue weighted by Gasteiger charge is -2.56. The largest absolute Gasteiger partial charge is 0.504 e. The number of benzene rings is 2. The maximum atomic E-state index is 13.2. The summed E-state index contributed by atoms with van der Waals surface area (Å²) in [6.07, 6.45) is 2.04. The molecule has 6 rings (SSSR count). The Bertz CT molecular complexity index is 1500. The Balaban J connectivity index is 1.09. The molecule has 2 bridgehead atoms. The van der Waals surface area contributed by atoms with E-state index in [4.69, 9.17) is 19.9 Å². The smallest absolute Gasteiger partial charge is 0.352 e. The van der Waals surface area contributed by atoms with Gasteiger partial charge in [-0.2, -0.15) is 0 Å². The Morgan fingerprint density at radius 3 is 2.75 bits per heavy atom. The third-order valence-electron chi connectivity index (χ3n) is 9.70. The number of aliphatic hydroxyl groups is 1. The monoisotopic (exact) mass is 605 g/mol. The molecule has 2 aliphatic carbocycles. The van der Waals surface area contributed by atoms with Crippen LogP contribution < -0.4 is 15.8 Å². The van der Waals surface area contributed by atoms with E-state index in [1.165, 1.54) is 6.92 Å². The second-order valence-corrected chi connectivity index (χ2v) is 12.3. The van der Waals surface area contributed by atoms with Crippen molar-refractivity contribution in [2.75, 3.05) is 20.1 Å². The lowest BCUT2D eigenvalue weighted by Crippen LogP contribution is -2.69. The number of nitrogens with two attached hydrogens (primary N) is 1. The molecule has 1 fully saturated rings. The zero-order chi connectivity index (χ0) is 31.2. The summed E-state index contributed by atoms with van der Waals surface area (Å²) < 4.78 is 17.5. The number of phenolic OH excluding ortho intramolecular Hbond substituents is 1. The molecule has 2 aromatic rings. The summed E-state index contributed by atoms with van der Waals surface area (Å²) in [6.45, 7) is 2.21. The molecule has 44 heavy (non-hydrogen) atoms. The number of ether oxygens (including phenoxy) is 3. The number of hydrogen-bond acceptors (Lipinski definition) is 10. The first-order chi connectivity index (χ1) is 21.0. The lowest BCUT2D eigenvalue weighted by molar-refractivity contribution is -0.167.